The Morgan fingerprint density at radius 2 is 1.86 bits per heavy atom. The third kappa shape index (κ3) is 5.28. The van der Waals surface area contributed by atoms with Crippen molar-refractivity contribution in [2.75, 3.05) is 16.4 Å². The van der Waals surface area contributed by atoms with Crippen molar-refractivity contribution in [2.45, 2.75) is 25.9 Å². The van der Waals surface area contributed by atoms with Crippen LogP contribution in [0.4, 0.5) is 5.69 Å². The van der Waals surface area contributed by atoms with Gasteiger partial charge in [-0.05, 0) is 26.0 Å². The van der Waals surface area contributed by atoms with Crippen molar-refractivity contribution in [3.63, 3.8) is 0 Å². The van der Waals surface area contributed by atoms with Gasteiger partial charge in [-0.2, -0.15) is 0 Å². The fourth-order valence-corrected chi connectivity index (χ4v) is 2.93. The van der Waals surface area contributed by atoms with E-state index in [9.17, 15) is 13.8 Å². The topological polar surface area (TPSA) is 101 Å². The van der Waals surface area contributed by atoms with E-state index in [-0.39, 0.29) is 23.5 Å². The summed E-state index contributed by atoms with van der Waals surface area (Å²) in [6.45, 7) is 3.72. The molecular formula is C14H20N2O4S. The van der Waals surface area contributed by atoms with Crippen LogP contribution in [0, 0.1) is 0 Å². The number of carboxylic acid groups (broad SMARTS) is 1. The van der Waals surface area contributed by atoms with Gasteiger partial charge in [-0.25, -0.2) is 0 Å². The number of hydrogen-bond acceptors (Lipinski definition) is 4. The maximum absolute atomic E-state index is 12.3. The summed E-state index contributed by atoms with van der Waals surface area (Å²) in [6, 6.07) is 7.75. The number of hydrogen-bond donors (Lipinski definition) is 2. The van der Waals surface area contributed by atoms with Crippen molar-refractivity contribution in [1.82, 2.24) is 0 Å². The predicted octanol–water partition coefficient (Wildman–Crippen LogP) is 0.589. The first-order chi connectivity index (χ1) is 9.82. The number of carbonyl (C=O) groups is 2. The van der Waals surface area contributed by atoms with Gasteiger partial charge in [-0.1, -0.05) is 18.2 Å². The molecule has 0 aliphatic carbocycles. The molecule has 0 aliphatic rings. The lowest BCUT2D eigenvalue weighted by atomic mass is 10.2. The average molecular weight is 312 g/mol. The molecule has 0 saturated carbocycles. The van der Waals surface area contributed by atoms with Gasteiger partial charge < -0.3 is 15.7 Å². The van der Waals surface area contributed by atoms with E-state index in [2.05, 4.69) is 0 Å². The van der Waals surface area contributed by atoms with Gasteiger partial charge in [-0.15, -0.1) is 0 Å². The summed E-state index contributed by atoms with van der Waals surface area (Å²) in [5.41, 5.74) is 6.04. The highest BCUT2D eigenvalue weighted by atomic mass is 32.2. The van der Waals surface area contributed by atoms with Crippen LogP contribution in [0.25, 0.3) is 0 Å². The largest absolute Gasteiger partial charge is 0.480 e. The second-order valence-electron chi connectivity index (χ2n) is 4.89. The van der Waals surface area contributed by atoms with Crippen molar-refractivity contribution in [1.29, 1.82) is 0 Å². The maximum atomic E-state index is 12.3. The molecule has 0 aliphatic heterocycles. The van der Waals surface area contributed by atoms with Gasteiger partial charge in [0.25, 0.3) is 0 Å². The molecule has 7 heteroatoms. The predicted molar refractivity (Wildman–Crippen MR) is 82.6 cm³/mol. The highest BCUT2D eigenvalue weighted by molar-refractivity contribution is 7.85. The number of aliphatic carboxylic acids is 1. The third-order valence-corrected chi connectivity index (χ3v) is 4.09. The normalized spacial score (nSPS) is 13.7. The quantitative estimate of drug-likeness (QED) is 0.767. The fourth-order valence-electron chi connectivity index (χ4n) is 1.86. The minimum atomic E-state index is -1.61. The zero-order chi connectivity index (χ0) is 16.0. The Bertz CT molecular complexity index is 519. The molecule has 1 amide bonds. The van der Waals surface area contributed by atoms with Crippen LogP contribution in [0.3, 0.4) is 0 Å². The molecule has 6 nitrogen and oxygen atoms in total. The fraction of sp³-hybridized carbons (Fsp3) is 0.429. The van der Waals surface area contributed by atoms with Crippen LogP contribution < -0.4 is 10.6 Å². The second-order valence-corrected chi connectivity index (χ2v) is 6.39. The van der Waals surface area contributed by atoms with Crippen LogP contribution in [-0.4, -0.2) is 44.8 Å². The molecule has 3 N–H and O–H groups in total. The van der Waals surface area contributed by atoms with Gasteiger partial charge in [0.05, 0.1) is 0 Å². The highest BCUT2D eigenvalue weighted by Crippen LogP contribution is 2.16. The van der Waals surface area contributed by atoms with Crippen molar-refractivity contribution in [3.8, 4) is 0 Å². The zero-order valence-electron chi connectivity index (χ0n) is 12.1. The molecule has 0 spiro atoms. The first-order valence-electron chi connectivity index (χ1n) is 6.53. The molecule has 1 rings (SSSR count). The zero-order valence-corrected chi connectivity index (χ0v) is 12.9. The lowest BCUT2D eigenvalue weighted by molar-refractivity contribution is -0.138. The number of rotatable bonds is 7. The summed E-state index contributed by atoms with van der Waals surface area (Å²) < 4.78 is 11.8. The van der Waals surface area contributed by atoms with Gasteiger partial charge in [0.1, 0.15) is 11.8 Å². The number of nitrogens with two attached hydrogens (primary N) is 1. The van der Waals surface area contributed by atoms with Crippen LogP contribution in [0.15, 0.2) is 30.3 Å². The second kappa shape index (κ2) is 7.90. The summed E-state index contributed by atoms with van der Waals surface area (Å²) in [6.07, 6.45) is 0. The lowest BCUT2D eigenvalue weighted by Gasteiger charge is -2.26. The highest BCUT2D eigenvalue weighted by Gasteiger charge is 2.23. The first-order valence-corrected chi connectivity index (χ1v) is 8.02. The molecule has 2 unspecified atom stereocenters. The molecule has 0 saturated heterocycles. The Hall–Kier alpha value is -1.73. The van der Waals surface area contributed by atoms with Crippen molar-refractivity contribution >= 4 is 28.4 Å². The van der Waals surface area contributed by atoms with Crippen LogP contribution in [0.5, 0.6) is 0 Å². The van der Waals surface area contributed by atoms with E-state index in [4.69, 9.17) is 10.8 Å². The van der Waals surface area contributed by atoms with Gasteiger partial charge >= 0.3 is 5.97 Å². The van der Waals surface area contributed by atoms with Gasteiger partial charge in [0, 0.05) is 28.3 Å². The summed E-state index contributed by atoms with van der Waals surface area (Å²) in [5, 5.41) is 8.69. The third-order valence-electron chi connectivity index (χ3n) is 2.79. The van der Waals surface area contributed by atoms with Crippen molar-refractivity contribution in [2.24, 2.45) is 5.73 Å². The summed E-state index contributed by atoms with van der Waals surface area (Å²) >= 11 is 0. The maximum Gasteiger partial charge on any atom is 0.321 e. The number of para-hydroxylation sites is 1. The summed E-state index contributed by atoms with van der Waals surface area (Å²) in [7, 11) is -1.61. The first kappa shape index (κ1) is 17.3. The van der Waals surface area contributed by atoms with E-state index >= 15 is 0 Å². The molecule has 2 atom stereocenters. The van der Waals surface area contributed by atoms with E-state index < -0.39 is 22.8 Å². The Morgan fingerprint density at radius 1 is 1.29 bits per heavy atom. The van der Waals surface area contributed by atoms with Crippen molar-refractivity contribution in [3.05, 3.63) is 30.3 Å². The van der Waals surface area contributed by atoms with Crippen molar-refractivity contribution < 1.29 is 18.9 Å². The van der Waals surface area contributed by atoms with Crippen LogP contribution in [-0.2, 0) is 20.4 Å². The molecule has 1 aromatic rings. The van der Waals surface area contributed by atoms with E-state index in [1.54, 1.807) is 17.0 Å². The SMILES string of the molecule is CC(C)N(C(=O)CS(=O)CC(N)C(=O)O)c1ccccc1. The van der Waals surface area contributed by atoms with Crippen LogP contribution in [0.1, 0.15) is 13.8 Å². The Morgan fingerprint density at radius 3 is 2.33 bits per heavy atom. The molecule has 116 valence electrons. The minimum absolute atomic E-state index is 0.0925. The smallest absolute Gasteiger partial charge is 0.321 e. The van der Waals surface area contributed by atoms with Gasteiger partial charge in [-0.3, -0.25) is 13.8 Å². The lowest BCUT2D eigenvalue weighted by Crippen LogP contribution is -2.42. The average Bonchev–Trinajstić information content (AvgIpc) is 2.39. The summed E-state index contributed by atoms with van der Waals surface area (Å²) in [5.74, 6) is -2.01. The molecule has 0 bridgehead atoms. The molecule has 21 heavy (non-hydrogen) atoms. The van der Waals surface area contributed by atoms with Crippen LogP contribution in [0.2, 0.25) is 0 Å². The number of carbonyl (C=O) groups excluding carboxylic acids is 1. The van der Waals surface area contributed by atoms with E-state index in [1.807, 2.05) is 32.0 Å². The minimum Gasteiger partial charge on any atom is -0.480 e. The number of amides is 1. The van der Waals surface area contributed by atoms with E-state index in [0.29, 0.717) is 0 Å². The standard InChI is InChI=1S/C14H20N2O4S/c1-10(2)16(11-6-4-3-5-7-11)13(17)9-21(20)8-12(15)14(18)19/h3-7,10,12H,8-9,15H2,1-2H3,(H,18,19). The monoisotopic (exact) mass is 312 g/mol. The molecule has 0 radical (unpaired) electrons. The number of nitrogens with zero attached hydrogens (tertiary/aromatic N) is 1. The van der Waals surface area contributed by atoms with Crippen LogP contribution >= 0.6 is 0 Å². The van der Waals surface area contributed by atoms with Gasteiger partial charge in [0.2, 0.25) is 5.91 Å². The molecule has 0 heterocycles. The Labute approximate surface area is 126 Å². The number of benzene rings is 1. The number of carboxylic acids is 1. The number of anilines is 1. The Kier molecular flexibility index (Phi) is 6.51. The van der Waals surface area contributed by atoms with E-state index in [0.717, 1.165) is 5.69 Å². The summed E-state index contributed by atoms with van der Waals surface area (Å²) in [4.78, 5) is 24.5. The van der Waals surface area contributed by atoms with E-state index in [1.165, 1.54) is 0 Å². The molecule has 0 aromatic heterocycles. The molecular weight excluding hydrogens is 292 g/mol. The molecule has 0 fully saturated rings. The van der Waals surface area contributed by atoms with Gasteiger partial charge in [0.15, 0.2) is 0 Å². The Balaban J connectivity index is 2.75. The molecule has 1 aromatic carbocycles.